The number of benzene rings is 2. The molecule has 0 saturated heterocycles. The van der Waals surface area contributed by atoms with Crippen molar-refractivity contribution in [1.82, 2.24) is 0 Å². The van der Waals surface area contributed by atoms with E-state index >= 15 is 0 Å². The predicted octanol–water partition coefficient (Wildman–Crippen LogP) is 3.71. The number of nitrogens with two attached hydrogens (primary N) is 1. The topological polar surface area (TPSA) is 44.5 Å². The lowest BCUT2D eigenvalue weighted by molar-refractivity contribution is 0.354. The molecule has 2 aromatic rings. The standard InChI is InChI=1S/C16H18BrNO2/c1-19-15-8-3-11(10-16(15)20-2)9-14(18)12-4-6-13(17)7-5-12/h3-8,10,14H,9,18H2,1-2H3. The van der Waals surface area contributed by atoms with Crippen molar-refractivity contribution in [3.63, 3.8) is 0 Å². The summed E-state index contributed by atoms with van der Waals surface area (Å²) >= 11 is 3.42. The zero-order valence-electron chi connectivity index (χ0n) is 11.6. The maximum Gasteiger partial charge on any atom is 0.160 e. The highest BCUT2D eigenvalue weighted by molar-refractivity contribution is 9.10. The summed E-state index contributed by atoms with van der Waals surface area (Å²) in [6, 6.07) is 13.9. The van der Waals surface area contributed by atoms with Gasteiger partial charge in [-0.15, -0.1) is 0 Å². The Morgan fingerprint density at radius 2 is 1.65 bits per heavy atom. The summed E-state index contributed by atoms with van der Waals surface area (Å²) in [4.78, 5) is 0. The van der Waals surface area contributed by atoms with Crippen LogP contribution in [0.4, 0.5) is 0 Å². The molecule has 2 rings (SSSR count). The van der Waals surface area contributed by atoms with Crippen LogP contribution in [0.3, 0.4) is 0 Å². The van der Waals surface area contributed by atoms with Crippen molar-refractivity contribution in [2.24, 2.45) is 5.73 Å². The van der Waals surface area contributed by atoms with E-state index in [1.165, 1.54) is 0 Å². The van der Waals surface area contributed by atoms with Crippen molar-refractivity contribution < 1.29 is 9.47 Å². The first-order valence-corrected chi connectivity index (χ1v) is 7.15. The van der Waals surface area contributed by atoms with E-state index in [1.54, 1.807) is 14.2 Å². The largest absolute Gasteiger partial charge is 0.493 e. The third-order valence-corrected chi connectivity index (χ3v) is 3.73. The van der Waals surface area contributed by atoms with Crippen molar-refractivity contribution in [3.8, 4) is 11.5 Å². The van der Waals surface area contributed by atoms with E-state index in [-0.39, 0.29) is 6.04 Å². The molecule has 2 N–H and O–H groups in total. The number of hydrogen-bond acceptors (Lipinski definition) is 3. The molecule has 0 aliphatic rings. The van der Waals surface area contributed by atoms with E-state index in [9.17, 15) is 0 Å². The maximum absolute atomic E-state index is 6.25. The van der Waals surface area contributed by atoms with E-state index in [0.29, 0.717) is 0 Å². The van der Waals surface area contributed by atoms with Gasteiger partial charge in [0.2, 0.25) is 0 Å². The average Bonchev–Trinajstić information content (AvgIpc) is 2.47. The highest BCUT2D eigenvalue weighted by Crippen LogP contribution is 2.29. The van der Waals surface area contributed by atoms with Crippen LogP contribution in [-0.4, -0.2) is 14.2 Å². The van der Waals surface area contributed by atoms with Crippen LogP contribution < -0.4 is 15.2 Å². The number of hydrogen-bond donors (Lipinski definition) is 1. The van der Waals surface area contributed by atoms with Crippen LogP contribution in [0.25, 0.3) is 0 Å². The molecule has 3 nitrogen and oxygen atoms in total. The highest BCUT2D eigenvalue weighted by Gasteiger charge is 2.10. The van der Waals surface area contributed by atoms with E-state index in [0.717, 1.165) is 33.5 Å². The summed E-state index contributed by atoms with van der Waals surface area (Å²) in [5, 5.41) is 0. The molecule has 1 atom stereocenters. The van der Waals surface area contributed by atoms with Gasteiger partial charge in [-0.25, -0.2) is 0 Å². The van der Waals surface area contributed by atoms with Gasteiger partial charge >= 0.3 is 0 Å². The first-order chi connectivity index (χ1) is 9.63. The van der Waals surface area contributed by atoms with Crippen LogP contribution in [-0.2, 0) is 6.42 Å². The Labute approximate surface area is 127 Å². The fourth-order valence-corrected chi connectivity index (χ4v) is 2.35. The summed E-state index contributed by atoms with van der Waals surface area (Å²) < 4.78 is 11.6. The molecule has 1 unspecified atom stereocenters. The van der Waals surface area contributed by atoms with Crippen LogP contribution in [0.15, 0.2) is 46.9 Å². The summed E-state index contributed by atoms with van der Waals surface area (Å²) in [5.41, 5.74) is 8.49. The minimum atomic E-state index is -0.0406. The third kappa shape index (κ3) is 3.52. The Hall–Kier alpha value is -1.52. The number of methoxy groups -OCH3 is 2. The zero-order valence-corrected chi connectivity index (χ0v) is 13.2. The van der Waals surface area contributed by atoms with Crippen molar-refractivity contribution in [2.45, 2.75) is 12.5 Å². The van der Waals surface area contributed by atoms with Crippen LogP contribution in [0.1, 0.15) is 17.2 Å². The van der Waals surface area contributed by atoms with E-state index in [4.69, 9.17) is 15.2 Å². The molecule has 4 heteroatoms. The van der Waals surface area contributed by atoms with E-state index in [1.807, 2.05) is 42.5 Å². The van der Waals surface area contributed by atoms with Gasteiger partial charge in [-0.2, -0.15) is 0 Å². The molecule has 2 aromatic carbocycles. The zero-order chi connectivity index (χ0) is 14.5. The van der Waals surface area contributed by atoms with Gasteiger partial charge in [0.15, 0.2) is 11.5 Å². The second-order valence-corrected chi connectivity index (χ2v) is 5.47. The van der Waals surface area contributed by atoms with Crippen molar-refractivity contribution in [1.29, 1.82) is 0 Å². The van der Waals surface area contributed by atoms with Gasteiger partial charge < -0.3 is 15.2 Å². The first kappa shape index (κ1) is 14.9. The molecule has 0 spiro atoms. The predicted molar refractivity (Wildman–Crippen MR) is 84.3 cm³/mol. The SMILES string of the molecule is COc1ccc(CC(N)c2ccc(Br)cc2)cc1OC. The van der Waals surface area contributed by atoms with Crippen LogP contribution >= 0.6 is 15.9 Å². The van der Waals surface area contributed by atoms with Crippen molar-refractivity contribution in [3.05, 3.63) is 58.1 Å². The fraction of sp³-hybridized carbons (Fsp3) is 0.250. The van der Waals surface area contributed by atoms with E-state index in [2.05, 4.69) is 15.9 Å². The monoisotopic (exact) mass is 335 g/mol. The lowest BCUT2D eigenvalue weighted by atomic mass is 9.99. The summed E-state index contributed by atoms with van der Waals surface area (Å²) in [7, 11) is 3.27. The van der Waals surface area contributed by atoms with Crippen LogP contribution in [0.5, 0.6) is 11.5 Å². The molecule has 0 radical (unpaired) electrons. The highest BCUT2D eigenvalue weighted by atomic mass is 79.9. The van der Waals surface area contributed by atoms with Gasteiger partial charge in [-0.3, -0.25) is 0 Å². The molecule has 0 aromatic heterocycles. The van der Waals surface area contributed by atoms with Crippen molar-refractivity contribution in [2.75, 3.05) is 14.2 Å². The quantitative estimate of drug-likeness (QED) is 0.905. The molecule has 0 aliphatic heterocycles. The Bertz CT molecular complexity index is 569. The molecule has 20 heavy (non-hydrogen) atoms. The number of ether oxygens (including phenoxy) is 2. The normalized spacial score (nSPS) is 12.0. The van der Waals surface area contributed by atoms with Gasteiger partial charge in [0.25, 0.3) is 0 Å². The Kier molecular flexibility index (Phi) is 5.04. The van der Waals surface area contributed by atoms with Gasteiger partial charge in [-0.1, -0.05) is 34.1 Å². The molecular weight excluding hydrogens is 318 g/mol. The second-order valence-electron chi connectivity index (χ2n) is 4.55. The minimum Gasteiger partial charge on any atom is -0.493 e. The molecule has 0 heterocycles. The average molecular weight is 336 g/mol. The van der Waals surface area contributed by atoms with Gasteiger partial charge in [0, 0.05) is 10.5 Å². The molecule has 0 aliphatic carbocycles. The molecule has 0 fully saturated rings. The molecule has 106 valence electrons. The van der Waals surface area contributed by atoms with Gasteiger partial charge in [0.05, 0.1) is 14.2 Å². The molecule has 0 saturated carbocycles. The molecule has 0 amide bonds. The summed E-state index contributed by atoms with van der Waals surface area (Å²) in [5.74, 6) is 1.46. The Balaban J connectivity index is 2.15. The summed E-state index contributed by atoms with van der Waals surface area (Å²) in [6.07, 6.45) is 0.752. The lowest BCUT2D eigenvalue weighted by Crippen LogP contribution is -2.13. The minimum absolute atomic E-state index is 0.0406. The van der Waals surface area contributed by atoms with Crippen LogP contribution in [0.2, 0.25) is 0 Å². The Morgan fingerprint density at radius 1 is 1.00 bits per heavy atom. The Morgan fingerprint density at radius 3 is 2.25 bits per heavy atom. The first-order valence-electron chi connectivity index (χ1n) is 6.36. The van der Waals surface area contributed by atoms with Gasteiger partial charge in [-0.05, 0) is 41.8 Å². The second kappa shape index (κ2) is 6.77. The summed E-state index contributed by atoms with van der Waals surface area (Å²) in [6.45, 7) is 0. The number of halogens is 1. The number of rotatable bonds is 5. The third-order valence-electron chi connectivity index (χ3n) is 3.20. The molecule has 0 bridgehead atoms. The smallest absolute Gasteiger partial charge is 0.160 e. The fourth-order valence-electron chi connectivity index (χ4n) is 2.09. The van der Waals surface area contributed by atoms with Crippen LogP contribution in [0, 0.1) is 0 Å². The van der Waals surface area contributed by atoms with Gasteiger partial charge in [0.1, 0.15) is 0 Å². The maximum atomic E-state index is 6.25. The molecular formula is C16H18BrNO2. The van der Waals surface area contributed by atoms with E-state index < -0.39 is 0 Å². The van der Waals surface area contributed by atoms with Crippen molar-refractivity contribution >= 4 is 15.9 Å². The lowest BCUT2D eigenvalue weighted by Gasteiger charge is -2.14.